The molecule has 0 spiro atoms. The van der Waals surface area contributed by atoms with Gasteiger partial charge < -0.3 is 19.8 Å². The summed E-state index contributed by atoms with van der Waals surface area (Å²) in [6.45, 7) is 2.92. The molecule has 1 heterocycles. The normalized spacial score (nSPS) is 10.5. The second-order valence-corrected chi connectivity index (χ2v) is 7.56. The quantitative estimate of drug-likeness (QED) is 0.410. The molecule has 7 heteroatoms. The van der Waals surface area contributed by atoms with Crippen LogP contribution < -0.4 is 15.4 Å². The average Bonchev–Trinajstić information content (AvgIpc) is 3.27. The summed E-state index contributed by atoms with van der Waals surface area (Å²) >= 11 is 3.40. The Morgan fingerprint density at radius 3 is 2.70 bits per heavy atom. The van der Waals surface area contributed by atoms with Gasteiger partial charge in [-0.05, 0) is 55.0 Å². The maximum atomic E-state index is 12.9. The molecule has 0 saturated heterocycles. The third-order valence-corrected chi connectivity index (χ3v) is 4.82. The SMILES string of the molecule is CCCCOc1ccc(Br)cc1C(=O)Nc1cccc(C(=O)NCc2ccco2)c1. The molecule has 0 aliphatic carbocycles. The number of carbonyl (C=O) groups is 2. The molecule has 0 fully saturated rings. The Labute approximate surface area is 183 Å². The van der Waals surface area contributed by atoms with Crippen molar-refractivity contribution >= 4 is 33.4 Å². The molecular formula is C23H23BrN2O4. The highest BCUT2D eigenvalue weighted by Gasteiger charge is 2.15. The van der Waals surface area contributed by atoms with E-state index < -0.39 is 0 Å². The number of amides is 2. The van der Waals surface area contributed by atoms with Crippen molar-refractivity contribution < 1.29 is 18.7 Å². The summed E-state index contributed by atoms with van der Waals surface area (Å²) in [5.41, 5.74) is 1.38. The molecule has 3 aromatic rings. The number of hydrogen-bond acceptors (Lipinski definition) is 4. The maximum Gasteiger partial charge on any atom is 0.259 e. The van der Waals surface area contributed by atoms with E-state index in [4.69, 9.17) is 9.15 Å². The van der Waals surface area contributed by atoms with Gasteiger partial charge in [-0.15, -0.1) is 0 Å². The summed E-state index contributed by atoms with van der Waals surface area (Å²) < 4.78 is 11.8. The topological polar surface area (TPSA) is 80.6 Å². The van der Waals surface area contributed by atoms with E-state index in [0.717, 1.165) is 17.3 Å². The van der Waals surface area contributed by atoms with Crippen LogP contribution in [0, 0.1) is 0 Å². The Morgan fingerprint density at radius 1 is 1.07 bits per heavy atom. The molecule has 6 nitrogen and oxygen atoms in total. The Balaban J connectivity index is 1.69. The van der Waals surface area contributed by atoms with E-state index in [1.807, 2.05) is 6.07 Å². The Kier molecular flexibility index (Phi) is 7.68. The summed E-state index contributed by atoms with van der Waals surface area (Å²) in [7, 11) is 0. The van der Waals surface area contributed by atoms with Gasteiger partial charge in [0.25, 0.3) is 11.8 Å². The maximum absolute atomic E-state index is 12.9. The highest BCUT2D eigenvalue weighted by Crippen LogP contribution is 2.25. The van der Waals surface area contributed by atoms with Crippen LogP contribution in [0.15, 0.2) is 69.8 Å². The molecule has 2 amide bonds. The molecular weight excluding hydrogens is 448 g/mol. The first-order valence-corrected chi connectivity index (χ1v) is 10.5. The minimum Gasteiger partial charge on any atom is -0.493 e. The molecule has 2 aromatic carbocycles. The van der Waals surface area contributed by atoms with Crippen molar-refractivity contribution in [2.75, 3.05) is 11.9 Å². The van der Waals surface area contributed by atoms with E-state index in [0.29, 0.717) is 41.5 Å². The zero-order valence-corrected chi connectivity index (χ0v) is 18.2. The van der Waals surface area contributed by atoms with Crippen molar-refractivity contribution in [2.45, 2.75) is 26.3 Å². The van der Waals surface area contributed by atoms with Gasteiger partial charge in [-0.1, -0.05) is 35.3 Å². The smallest absolute Gasteiger partial charge is 0.259 e. The summed E-state index contributed by atoms with van der Waals surface area (Å²) in [5, 5.41) is 5.63. The number of nitrogens with one attached hydrogen (secondary N) is 2. The predicted octanol–water partition coefficient (Wildman–Crippen LogP) is 5.40. The van der Waals surface area contributed by atoms with Gasteiger partial charge in [0.1, 0.15) is 11.5 Å². The van der Waals surface area contributed by atoms with Crippen molar-refractivity contribution in [3.63, 3.8) is 0 Å². The summed E-state index contributed by atoms with van der Waals surface area (Å²) in [4.78, 5) is 25.3. The first kappa shape index (κ1) is 21.6. The molecule has 0 aliphatic rings. The average molecular weight is 471 g/mol. The van der Waals surface area contributed by atoms with Crippen molar-refractivity contribution in [2.24, 2.45) is 0 Å². The predicted molar refractivity (Wildman–Crippen MR) is 119 cm³/mol. The van der Waals surface area contributed by atoms with Gasteiger partial charge in [-0.2, -0.15) is 0 Å². The lowest BCUT2D eigenvalue weighted by molar-refractivity contribution is 0.0946. The Bertz CT molecular complexity index is 1000. The number of ether oxygens (including phenoxy) is 1. The van der Waals surface area contributed by atoms with Gasteiger partial charge in [0.05, 0.1) is 25.0 Å². The van der Waals surface area contributed by atoms with E-state index in [1.165, 1.54) is 0 Å². The molecule has 0 aliphatic heterocycles. The molecule has 30 heavy (non-hydrogen) atoms. The number of hydrogen-bond donors (Lipinski definition) is 2. The van der Waals surface area contributed by atoms with Crippen molar-refractivity contribution in [3.05, 3.63) is 82.2 Å². The fourth-order valence-electron chi connectivity index (χ4n) is 2.75. The molecule has 0 radical (unpaired) electrons. The fourth-order valence-corrected chi connectivity index (χ4v) is 3.11. The Hall–Kier alpha value is -3.06. The summed E-state index contributed by atoms with van der Waals surface area (Å²) in [6, 6.07) is 15.6. The van der Waals surface area contributed by atoms with Crippen molar-refractivity contribution in [3.8, 4) is 5.75 Å². The molecule has 0 unspecified atom stereocenters. The summed E-state index contributed by atoms with van der Waals surface area (Å²) in [5.74, 6) is 0.624. The third kappa shape index (κ3) is 5.97. The lowest BCUT2D eigenvalue weighted by atomic mass is 10.1. The largest absolute Gasteiger partial charge is 0.493 e. The summed E-state index contributed by atoms with van der Waals surface area (Å²) in [6.07, 6.45) is 3.47. The Morgan fingerprint density at radius 2 is 1.93 bits per heavy atom. The number of halogens is 1. The van der Waals surface area contributed by atoms with Gasteiger partial charge >= 0.3 is 0 Å². The lowest BCUT2D eigenvalue weighted by Crippen LogP contribution is -2.22. The minimum atomic E-state index is -0.309. The lowest BCUT2D eigenvalue weighted by Gasteiger charge is -2.13. The van der Waals surface area contributed by atoms with Crippen molar-refractivity contribution in [1.29, 1.82) is 0 Å². The number of benzene rings is 2. The van der Waals surface area contributed by atoms with Crippen molar-refractivity contribution in [1.82, 2.24) is 5.32 Å². The molecule has 0 atom stereocenters. The molecule has 0 bridgehead atoms. The van der Waals surface area contributed by atoms with E-state index in [2.05, 4.69) is 33.5 Å². The fraction of sp³-hybridized carbons (Fsp3) is 0.217. The molecule has 156 valence electrons. The first-order valence-electron chi connectivity index (χ1n) is 9.71. The number of carbonyl (C=O) groups excluding carboxylic acids is 2. The van der Waals surface area contributed by atoms with Gasteiger partial charge in [0.15, 0.2) is 0 Å². The van der Waals surface area contributed by atoms with Crippen LogP contribution in [0.3, 0.4) is 0 Å². The molecule has 0 saturated carbocycles. The van der Waals surface area contributed by atoms with Gasteiger partial charge in [0, 0.05) is 15.7 Å². The second-order valence-electron chi connectivity index (χ2n) is 6.64. The monoisotopic (exact) mass is 470 g/mol. The number of unbranched alkanes of at least 4 members (excludes halogenated alkanes) is 1. The van der Waals surface area contributed by atoms with Gasteiger partial charge in [0.2, 0.25) is 0 Å². The number of furan rings is 1. The molecule has 1 aromatic heterocycles. The number of rotatable bonds is 9. The van der Waals surface area contributed by atoms with Crippen LogP contribution in [0.25, 0.3) is 0 Å². The van der Waals surface area contributed by atoms with Crippen LogP contribution in [0.5, 0.6) is 5.75 Å². The highest BCUT2D eigenvalue weighted by atomic mass is 79.9. The van der Waals surface area contributed by atoms with E-state index in [1.54, 1.807) is 54.8 Å². The van der Waals surface area contributed by atoms with E-state index in [-0.39, 0.29) is 11.8 Å². The molecule has 3 rings (SSSR count). The standard InChI is InChI=1S/C23H23BrN2O4/c1-2-3-11-30-21-10-9-17(24)14-20(21)23(28)26-18-7-4-6-16(13-18)22(27)25-15-19-8-5-12-29-19/h4-10,12-14H,2-3,11,15H2,1H3,(H,25,27)(H,26,28). The van der Waals surface area contributed by atoms with Crippen LogP contribution >= 0.6 is 15.9 Å². The van der Waals surface area contributed by atoms with E-state index >= 15 is 0 Å². The zero-order chi connectivity index (χ0) is 21.3. The van der Waals surface area contributed by atoms with Crippen LogP contribution in [-0.4, -0.2) is 18.4 Å². The first-order chi connectivity index (χ1) is 14.6. The van der Waals surface area contributed by atoms with Crippen LogP contribution in [0.2, 0.25) is 0 Å². The zero-order valence-electron chi connectivity index (χ0n) is 16.6. The van der Waals surface area contributed by atoms with Crippen LogP contribution in [0.4, 0.5) is 5.69 Å². The van der Waals surface area contributed by atoms with Crippen LogP contribution in [-0.2, 0) is 6.54 Å². The highest BCUT2D eigenvalue weighted by molar-refractivity contribution is 9.10. The number of anilines is 1. The van der Waals surface area contributed by atoms with Gasteiger partial charge in [-0.25, -0.2) is 0 Å². The minimum absolute atomic E-state index is 0.256. The van der Waals surface area contributed by atoms with E-state index in [9.17, 15) is 9.59 Å². The third-order valence-electron chi connectivity index (χ3n) is 4.33. The van der Waals surface area contributed by atoms with Gasteiger partial charge in [-0.3, -0.25) is 9.59 Å². The van der Waals surface area contributed by atoms with Crippen LogP contribution in [0.1, 0.15) is 46.2 Å². The molecule has 2 N–H and O–H groups in total. The second kappa shape index (κ2) is 10.6.